The predicted molar refractivity (Wildman–Crippen MR) is 26.6 cm³/mol. The molecule has 0 saturated heterocycles. The molecule has 0 unspecified atom stereocenters. The summed E-state index contributed by atoms with van der Waals surface area (Å²) in [6.07, 6.45) is 0.583. The molecule has 0 saturated carbocycles. The summed E-state index contributed by atoms with van der Waals surface area (Å²) in [5, 5.41) is 3.41. The summed E-state index contributed by atoms with van der Waals surface area (Å²) in [6.45, 7) is 8.68. The average Bonchev–Trinajstić information content (AvgIpc) is 1.87. The zero-order valence-electron chi connectivity index (χ0n) is 3.85. The van der Waals surface area contributed by atoms with Crippen LogP contribution in [0.25, 0.3) is 0 Å². The van der Waals surface area contributed by atoms with Gasteiger partial charge >= 0.3 is 0 Å². The van der Waals surface area contributed by atoms with Crippen molar-refractivity contribution in [2.75, 3.05) is 0 Å². The SMILES string of the molecule is [CH]C1=NOC(=C)C1. The molecule has 0 atom stereocenters. The number of hydrogen-bond donors (Lipinski definition) is 0. The van der Waals surface area contributed by atoms with Crippen molar-refractivity contribution >= 4 is 5.71 Å². The molecule has 0 bridgehead atoms. The van der Waals surface area contributed by atoms with Crippen LogP contribution >= 0.6 is 0 Å². The minimum Gasteiger partial charge on any atom is -0.362 e. The lowest BCUT2D eigenvalue weighted by Gasteiger charge is -1.82. The van der Waals surface area contributed by atoms with Gasteiger partial charge in [0, 0.05) is 6.92 Å². The number of allylic oxidation sites excluding steroid dienone is 1. The Hall–Kier alpha value is -0.790. The highest BCUT2D eigenvalue weighted by atomic mass is 16.6. The van der Waals surface area contributed by atoms with E-state index in [1.807, 2.05) is 0 Å². The molecule has 7 heavy (non-hydrogen) atoms. The smallest absolute Gasteiger partial charge is 0.133 e. The van der Waals surface area contributed by atoms with Gasteiger partial charge in [-0.1, -0.05) is 11.7 Å². The zero-order valence-corrected chi connectivity index (χ0v) is 3.85. The zero-order chi connectivity index (χ0) is 5.28. The highest BCUT2D eigenvalue weighted by Crippen LogP contribution is 2.09. The Morgan fingerprint density at radius 2 is 2.57 bits per heavy atom. The standard InChI is InChI=1S/C5H5NO/c1-4-3-5(2)7-6-4/h1H,2-3H2. The van der Waals surface area contributed by atoms with E-state index >= 15 is 0 Å². The molecule has 1 heterocycles. The van der Waals surface area contributed by atoms with Crippen LogP contribution in [0.4, 0.5) is 0 Å². The molecule has 2 radical (unpaired) electrons. The number of oxime groups is 1. The van der Waals surface area contributed by atoms with E-state index in [-0.39, 0.29) is 0 Å². The maximum Gasteiger partial charge on any atom is 0.133 e. The summed E-state index contributed by atoms with van der Waals surface area (Å²) in [5.74, 6) is 0.623. The Labute approximate surface area is 42.5 Å². The van der Waals surface area contributed by atoms with Gasteiger partial charge in [0.25, 0.3) is 0 Å². The fraction of sp³-hybridized carbons (Fsp3) is 0.200. The minimum atomic E-state index is 0.505. The van der Waals surface area contributed by atoms with Gasteiger partial charge in [-0.15, -0.1) is 0 Å². The van der Waals surface area contributed by atoms with Crippen LogP contribution in [0.2, 0.25) is 0 Å². The van der Waals surface area contributed by atoms with E-state index in [0.717, 1.165) is 0 Å². The number of rotatable bonds is 0. The molecule has 0 aliphatic carbocycles. The van der Waals surface area contributed by atoms with Gasteiger partial charge < -0.3 is 4.84 Å². The van der Waals surface area contributed by atoms with Crippen LogP contribution in [0, 0.1) is 6.92 Å². The molecule has 0 aromatic carbocycles. The third-order valence-electron chi connectivity index (χ3n) is 0.670. The van der Waals surface area contributed by atoms with Crippen molar-refractivity contribution in [2.45, 2.75) is 6.42 Å². The molecule has 1 rings (SSSR count). The third-order valence-corrected chi connectivity index (χ3v) is 0.670. The summed E-state index contributed by atoms with van der Waals surface area (Å²) in [4.78, 5) is 4.53. The average molecular weight is 95.1 g/mol. The molecule has 0 aromatic rings. The normalized spacial score (nSPS) is 19.0. The Morgan fingerprint density at radius 1 is 1.86 bits per heavy atom. The third kappa shape index (κ3) is 0.796. The van der Waals surface area contributed by atoms with Gasteiger partial charge in [-0.3, -0.25) is 0 Å². The summed E-state index contributed by atoms with van der Waals surface area (Å²) < 4.78 is 0. The molecule has 2 heteroatoms. The van der Waals surface area contributed by atoms with Gasteiger partial charge in [0.15, 0.2) is 0 Å². The fourth-order valence-electron chi connectivity index (χ4n) is 0.390. The van der Waals surface area contributed by atoms with Crippen LogP contribution in [-0.2, 0) is 4.84 Å². The van der Waals surface area contributed by atoms with Crippen LogP contribution in [0.15, 0.2) is 17.5 Å². The quantitative estimate of drug-likeness (QED) is 0.439. The van der Waals surface area contributed by atoms with Crippen LogP contribution in [-0.4, -0.2) is 5.71 Å². The van der Waals surface area contributed by atoms with E-state index in [2.05, 4.69) is 16.6 Å². The van der Waals surface area contributed by atoms with E-state index in [4.69, 9.17) is 6.92 Å². The Bertz CT molecular complexity index is 126. The first-order valence-corrected chi connectivity index (χ1v) is 1.96. The lowest BCUT2D eigenvalue weighted by molar-refractivity contribution is 0.246. The first-order chi connectivity index (χ1) is 3.29. The van der Waals surface area contributed by atoms with Gasteiger partial charge in [-0.2, -0.15) is 0 Å². The van der Waals surface area contributed by atoms with Gasteiger partial charge in [-0.05, 0) is 0 Å². The molecular weight excluding hydrogens is 90.1 g/mol. The second-order valence-corrected chi connectivity index (χ2v) is 1.39. The first-order valence-electron chi connectivity index (χ1n) is 1.96. The van der Waals surface area contributed by atoms with E-state index in [9.17, 15) is 0 Å². The monoisotopic (exact) mass is 95.0 g/mol. The molecule has 0 spiro atoms. The second kappa shape index (κ2) is 1.37. The fourth-order valence-corrected chi connectivity index (χ4v) is 0.390. The van der Waals surface area contributed by atoms with Crippen LogP contribution in [0.5, 0.6) is 0 Å². The van der Waals surface area contributed by atoms with Crippen molar-refractivity contribution < 1.29 is 4.84 Å². The van der Waals surface area contributed by atoms with Gasteiger partial charge in [0.05, 0.1) is 12.1 Å². The topological polar surface area (TPSA) is 21.6 Å². The Kier molecular flexibility index (Phi) is 0.855. The molecule has 0 fully saturated rings. The van der Waals surface area contributed by atoms with Gasteiger partial charge in [0.1, 0.15) is 5.76 Å². The Morgan fingerprint density at radius 3 is 2.71 bits per heavy atom. The molecular formula is C5H5NO. The molecule has 0 N–H and O–H groups in total. The highest BCUT2D eigenvalue weighted by molar-refractivity contribution is 5.90. The van der Waals surface area contributed by atoms with Gasteiger partial charge in [0.2, 0.25) is 0 Å². The summed E-state index contributed by atoms with van der Waals surface area (Å²) in [7, 11) is 0. The Balaban J connectivity index is 2.58. The van der Waals surface area contributed by atoms with Crippen molar-refractivity contribution in [3.8, 4) is 0 Å². The maximum absolute atomic E-state index is 5.19. The molecule has 2 nitrogen and oxygen atoms in total. The van der Waals surface area contributed by atoms with E-state index in [0.29, 0.717) is 17.9 Å². The first kappa shape index (κ1) is 4.37. The van der Waals surface area contributed by atoms with Crippen LogP contribution in [0.1, 0.15) is 6.42 Å². The van der Waals surface area contributed by atoms with Crippen LogP contribution in [0.3, 0.4) is 0 Å². The molecule has 36 valence electrons. The molecule has 0 aromatic heterocycles. The highest BCUT2D eigenvalue weighted by Gasteiger charge is 2.05. The van der Waals surface area contributed by atoms with E-state index in [1.165, 1.54) is 0 Å². The summed E-state index contributed by atoms with van der Waals surface area (Å²) in [5.41, 5.74) is 0.505. The molecule has 1 aliphatic rings. The predicted octanol–water partition coefficient (Wildman–Crippen LogP) is 0.987. The minimum absolute atomic E-state index is 0.505. The van der Waals surface area contributed by atoms with E-state index < -0.39 is 0 Å². The molecule has 0 amide bonds. The number of nitrogens with zero attached hydrogens (tertiary/aromatic N) is 1. The van der Waals surface area contributed by atoms with Crippen molar-refractivity contribution in [1.29, 1.82) is 0 Å². The van der Waals surface area contributed by atoms with E-state index in [1.54, 1.807) is 0 Å². The lowest BCUT2D eigenvalue weighted by Crippen LogP contribution is -1.81. The van der Waals surface area contributed by atoms with Gasteiger partial charge in [-0.25, -0.2) is 0 Å². The maximum atomic E-state index is 5.19. The largest absolute Gasteiger partial charge is 0.362 e. The van der Waals surface area contributed by atoms with Crippen molar-refractivity contribution in [1.82, 2.24) is 0 Å². The second-order valence-electron chi connectivity index (χ2n) is 1.39. The molecule has 1 aliphatic heterocycles. The van der Waals surface area contributed by atoms with Crippen LogP contribution < -0.4 is 0 Å². The van der Waals surface area contributed by atoms with Crippen molar-refractivity contribution in [2.24, 2.45) is 5.16 Å². The summed E-state index contributed by atoms with van der Waals surface area (Å²) >= 11 is 0. The van der Waals surface area contributed by atoms with Crippen molar-refractivity contribution in [3.05, 3.63) is 19.3 Å². The summed E-state index contributed by atoms with van der Waals surface area (Å²) in [6, 6.07) is 0. The van der Waals surface area contributed by atoms with Crippen molar-refractivity contribution in [3.63, 3.8) is 0 Å². The number of hydrogen-bond acceptors (Lipinski definition) is 2. The lowest BCUT2D eigenvalue weighted by atomic mass is 10.3.